The van der Waals surface area contributed by atoms with Gasteiger partial charge in [0, 0.05) is 29.5 Å². The number of halogens is 1. The number of aromatic nitrogens is 1. The summed E-state index contributed by atoms with van der Waals surface area (Å²) in [5, 5.41) is 0. The highest BCUT2D eigenvalue weighted by molar-refractivity contribution is 9.10. The van der Waals surface area contributed by atoms with Crippen LogP contribution in [0.5, 0.6) is 0 Å². The lowest BCUT2D eigenvalue weighted by atomic mass is 9.99. The topological polar surface area (TPSA) is 42.1 Å². The van der Waals surface area contributed by atoms with Gasteiger partial charge in [0.05, 0.1) is 6.04 Å². The van der Waals surface area contributed by atoms with Crippen molar-refractivity contribution in [3.05, 3.63) is 64.4 Å². The predicted octanol–water partition coefficient (Wildman–Crippen LogP) is 3.41. The molecule has 4 heteroatoms. The van der Waals surface area contributed by atoms with Crippen LogP contribution in [0.1, 0.15) is 24.1 Å². The van der Waals surface area contributed by atoms with Crippen molar-refractivity contribution in [1.82, 2.24) is 9.88 Å². The summed E-state index contributed by atoms with van der Waals surface area (Å²) in [7, 11) is 2.13. The van der Waals surface area contributed by atoms with Crippen molar-refractivity contribution < 1.29 is 0 Å². The predicted molar refractivity (Wildman–Crippen MR) is 91.1 cm³/mol. The molecule has 0 aliphatic carbocycles. The number of hydrogen-bond donors (Lipinski definition) is 1. The number of likely N-dealkylation sites (N-methyl/N-ethyl adjacent to an activating group) is 1. The number of nitrogens with zero attached hydrogens (tertiary/aromatic N) is 2. The molecule has 0 saturated heterocycles. The molecule has 0 saturated carbocycles. The van der Waals surface area contributed by atoms with E-state index in [2.05, 4.69) is 70.1 Å². The van der Waals surface area contributed by atoms with Crippen LogP contribution in [0.15, 0.2) is 53.3 Å². The smallest absolute Gasteiger partial charge is 0.0504 e. The zero-order valence-corrected chi connectivity index (χ0v) is 14.1. The average Bonchev–Trinajstić information content (AvgIpc) is 2.48. The van der Waals surface area contributed by atoms with Gasteiger partial charge in [-0.05, 0) is 49.7 Å². The Hall–Kier alpha value is -1.23. The number of hydrogen-bond acceptors (Lipinski definition) is 3. The fourth-order valence-corrected chi connectivity index (χ4v) is 3.15. The molecule has 0 amide bonds. The largest absolute Gasteiger partial charge is 0.326 e. The van der Waals surface area contributed by atoms with Crippen LogP contribution >= 0.6 is 15.9 Å². The Morgan fingerprint density at radius 2 is 1.86 bits per heavy atom. The first kappa shape index (κ1) is 16.1. The van der Waals surface area contributed by atoms with Gasteiger partial charge < -0.3 is 5.73 Å². The van der Waals surface area contributed by atoms with Crippen LogP contribution in [0, 0.1) is 0 Å². The van der Waals surface area contributed by atoms with E-state index in [1.54, 1.807) is 0 Å². The van der Waals surface area contributed by atoms with Crippen LogP contribution in [-0.2, 0) is 6.42 Å². The Balaban J connectivity index is 2.10. The highest BCUT2D eigenvalue weighted by Gasteiger charge is 2.22. The Bertz CT molecular complexity index is 557. The summed E-state index contributed by atoms with van der Waals surface area (Å²) in [6, 6.07) is 12.7. The molecule has 0 aliphatic heterocycles. The fraction of sp³-hybridized carbons (Fsp3) is 0.353. The van der Waals surface area contributed by atoms with E-state index >= 15 is 0 Å². The molecule has 0 radical (unpaired) electrons. The third-order valence-electron chi connectivity index (χ3n) is 3.70. The van der Waals surface area contributed by atoms with Gasteiger partial charge in [-0.25, -0.2) is 0 Å². The molecule has 21 heavy (non-hydrogen) atoms. The molecular weight excluding hydrogens is 326 g/mol. The maximum atomic E-state index is 6.23. The lowest BCUT2D eigenvalue weighted by Gasteiger charge is -2.32. The second-order valence-electron chi connectivity index (χ2n) is 5.41. The third kappa shape index (κ3) is 4.37. The van der Waals surface area contributed by atoms with Gasteiger partial charge >= 0.3 is 0 Å². The van der Waals surface area contributed by atoms with Crippen molar-refractivity contribution >= 4 is 15.9 Å². The van der Waals surface area contributed by atoms with Gasteiger partial charge in [0.15, 0.2) is 0 Å². The number of benzene rings is 1. The van der Waals surface area contributed by atoms with E-state index in [1.807, 2.05) is 18.5 Å². The lowest BCUT2D eigenvalue weighted by molar-refractivity contribution is 0.221. The summed E-state index contributed by atoms with van der Waals surface area (Å²) < 4.78 is 1.11. The van der Waals surface area contributed by atoms with Crippen molar-refractivity contribution in [2.75, 3.05) is 13.6 Å². The van der Waals surface area contributed by atoms with E-state index in [0.29, 0.717) is 0 Å². The van der Waals surface area contributed by atoms with Crippen molar-refractivity contribution in [3.63, 3.8) is 0 Å². The standard InChI is InChI=1S/C17H22BrN3/c1-13(19)17(15-5-3-4-6-16(15)18)21(2)12-9-14-7-10-20-11-8-14/h3-8,10-11,13,17H,9,12,19H2,1-2H3. The molecule has 2 N–H and O–H groups in total. The summed E-state index contributed by atoms with van der Waals surface area (Å²) in [4.78, 5) is 6.38. The second-order valence-corrected chi connectivity index (χ2v) is 6.27. The van der Waals surface area contributed by atoms with E-state index in [1.165, 1.54) is 11.1 Å². The molecule has 2 atom stereocenters. The summed E-state index contributed by atoms with van der Waals surface area (Å²) in [6.07, 6.45) is 4.67. The first-order chi connectivity index (χ1) is 10.1. The van der Waals surface area contributed by atoms with Crippen LogP contribution in [0.25, 0.3) is 0 Å². The molecule has 0 spiro atoms. The van der Waals surface area contributed by atoms with Gasteiger partial charge in [0.2, 0.25) is 0 Å². The van der Waals surface area contributed by atoms with Crippen molar-refractivity contribution in [3.8, 4) is 0 Å². The Labute approximate surface area is 135 Å². The third-order valence-corrected chi connectivity index (χ3v) is 4.42. The minimum absolute atomic E-state index is 0.0612. The van der Waals surface area contributed by atoms with E-state index in [4.69, 9.17) is 5.73 Å². The number of nitrogens with two attached hydrogens (primary N) is 1. The van der Waals surface area contributed by atoms with Gasteiger partial charge in [0.1, 0.15) is 0 Å². The first-order valence-corrected chi connectivity index (χ1v) is 7.98. The monoisotopic (exact) mass is 347 g/mol. The second kappa shape index (κ2) is 7.69. The number of rotatable bonds is 6. The van der Waals surface area contributed by atoms with Crippen molar-refractivity contribution in [2.24, 2.45) is 5.73 Å². The average molecular weight is 348 g/mol. The van der Waals surface area contributed by atoms with Gasteiger partial charge in [-0.2, -0.15) is 0 Å². The van der Waals surface area contributed by atoms with Gasteiger partial charge in [-0.1, -0.05) is 34.1 Å². The Morgan fingerprint density at radius 1 is 1.19 bits per heavy atom. The highest BCUT2D eigenvalue weighted by Crippen LogP contribution is 2.29. The maximum absolute atomic E-state index is 6.23. The summed E-state index contributed by atoms with van der Waals surface area (Å²) in [6.45, 7) is 3.02. The van der Waals surface area contributed by atoms with Gasteiger partial charge in [0.25, 0.3) is 0 Å². The van der Waals surface area contributed by atoms with E-state index < -0.39 is 0 Å². The Morgan fingerprint density at radius 3 is 2.48 bits per heavy atom. The van der Waals surface area contributed by atoms with Crippen LogP contribution in [0.3, 0.4) is 0 Å². The molecule has 0 fully saturated rings. The summed E-state index contributed by atoms with van der Waals surface area (Å²) in [5.41, 5.74) is 8.77. The molecule has 1 heterocycles. The molecule has 0 bridgehead atoms. The molecule has 3 nitrogen and oxygen atoms in total. The molecule has 2 unspecified atom stereocenters. The van der Waals surface area contributed by atoms with Crippen LogP contribution in [0.2, 0.25) is 0 Å². The zero-order chi connectivity index (χ0) is 15.2. The lowest BCUT2D eigenvalue weighted by Crippen LogP contribution is -2.38. The number of pyridine rings is 1. The van der Waals surface area contributed by atoms with Crippen LogP contribution in [-0.4, -0.2) is 29.5 Å². The summed E-state index contributed by atoms with van der Waals surface area (Å²) in [5.74, 6) is 0. The Kier molecular flexibility index (Phi) is 5.91. The molecule has 2 rings (SSSR count). The summed E-state index contributed by atoms with van der Waals surface area (Å²) >= 11 is 3.64. The molecule has 1 aromatic heterocycles. The maximum Gasteiger partial charge on any atom is 0.0504 e. The first-order valence-electron chi connectivity index (χ1n) is 7.18. The molecule has 2 aromatic rings. The van der Waals surface area contributed by atoms with Crippen LogP contribution in [0.4, 0.5) is 0 Å². The molecule has 112 valence electrons. The van der Waals surface area contributed by atoms with Gasteiger partial charge in [-0.15, -0.1) is 0 Å². The zero-order valence-electron chi connectivity index (χ0n) is 12.5. The van der Waals surface area contributed by atoms with E-state index in [0.717, 1.165) is 17.4 Å². The highest BCUT2D eigenvalue weighted by atomic mass is 79.9. The quantitative estimate of drug-likeness (QED) is 0.870. The normalized spacial score (nSPS) is 14.1. The molecule has 1 aromatic carbocycles. The minimum Gasteiger partial charge on any atom is -0.326 e. The van der Waals surface area contributed by atoms with E-state index in [9.17, 15) is 0 Å². The van der Waals surface area contributed by atoms with Gasteiger partial charge in [-0.3, -0.25) is 9.88 Å². The fourth-order valence-electron chi connectivity index (χ4n) is 2.63. The van der Waals surface area contributed by atoms with Crippen molar-refractivity contribution in [2.45, 2.75) is 25.4 Å². The SMILES string of the molecule is CC(N)C(c1ccccc1Br)N(C)CCc1ccncc1. The van der Waals surface area contributed by atoms with Crippen molar-refractivity contribution in [1.29, 1.82) is 0 Å². The van der Waals surface area contributed by atoms with E-state index in [-0.39, 0.29) is 12.1 Å². The molecule has 0 aliphatic rings. The molecular formula is C17H22BrN3. The minimum atomic E-state index is 0.0612. The van der Waals surface area contributed by atoms with Crippen LogP contribution < -0.4 is 5.73 Å².